The monoisotopic (exact) mass is 375 g/mol. The molecule has 1 unspecified atom stereocenters. The number of anilines is 1. The highest BCUT2D eigenvalue weighted by Crippen LogP contribution is 2.34. The first-order valence-corrected chi connectivity index (χ1v) is 7.81. The number of H-pyrrole nitrogens is 2. The van der Waals surface area contributed by atoms with Gasteiger partial charge in [-0.15, -0.1) is 0 Å². The van der Waals surface area contributed by atoms with Gasteiger partial charge < -0.3 is 15.3 Å². The molecule has 1 aromatic carbocycles. The lowest BCUT2D eigenvalue weighted by Gasteiger charge is -2.21. The van der Waals surface area contributed by atoms with Crippen LogP contribution >= 0.6 is 0 Å². The van der Waals surface area contributed by atoms with Crippen molar-refractivity contribution in [2.75, 3.05) is 5.32 Å². The van der Waals surface area contributed by atoms with Crippen molar-refractivity contribution in [3.63, 3.8) is 0 Å². The number of rotatable bonds is 3. The number of benzene rings is 1. The van der Waals surface area contributed by atoms with E-state index in [-0.39, 0.29) is 27.9 Å². The Morgan fingerprint density at radius 2 is 2.00 bits per heavy atom. The predicted octanol–water partition coefficient (Wildman–Crippen LogP) is 2.61. The molecule has 0 aliphatic carbocycles. The number of fused-ring (bicyclic) bond motifs is 2. The zero-order valence-electron chi connectivity index (χ0n) is 13.8. The van der Waals surface area contributed by atoms with Crippen LogP contribution in [0.1, 0.15) is 17.4 Å². The number of alkyl halides is 3. The van der Waals surface area contributed by atoms with Crippen molar-refractivity contribution in [2.24, 2.45) is 0 Å². The highest BCUT2D eigenvalue weighted by molar-refractivity contribution is 5.83. The Balaban J connectivity index is 1.85. The quantitative estimate of drug-likeness (QED) is 0.507. The van der Waals surface area contributed by atoms with Gasteiger partial charge in [0.25, 0.3) is 5.56 Å². The zero-order chi connectivity index (χ0) is 19.2. The van der Waals surface area contributed by atoms with Gasteiger partial charge in [-0.2, -0.15) is 13.2 Å². The van der Waals surface area contributed by atoms with Crippen molar-refractivity contribution in [2.45, 2.75) is 19.1 Å². The van der Waals surface area contributed by atoms with Gasteiger partial charge in [0.1, 0.15) is 17.7 Å². The van der Waals surface area contributed by atoms with Crippen molar-refractivity contribution in [1.29, 1.82) is 0 Å². The van der Waals surface area contributed by atoms with Gasteiger partial charge in [0.2, 0.25) is 0 Å². The molecule has 0 radical (unpaired) electrons. The van der Waals surface area contributed by atoms with E-state index < -0.39 is 23.6 Å². The van der Waals surface area contributed by atoms with Gasteiger partial charge >= 0.3 is 6.18 Å². The molecule has 138 valence electrons. The first-order chi connectivity index (χ1) is 12.8. The van der Waals surface area contributed by atoms with Gasteiger partial charge in [0, 0.05) is 0 Å². The third-order valence-corrected chi connectivity index (χ3v) is 4.07. The molecule has 4 rings (SSSR count). The summed E-state index contributed by atoms with van der Waals surface area (Å²) in [7, 11) is 0. The van der Waals surface area contributed by atoms with Crippen LogP contribution in [0.15, 0.2) is 35.6 Å². The second-order valence-electron chi connectivity index (χ2n) is 5.86. The summed E-state index contributed by atoms with van der Waals surface area (Å²) in [6.07, 6.45) is -2.35. The maximum absolute atomic E-state index is 13.7. The van der Waals surface area contributed by atoms with Crippen LogP contribution in [0.2, 0.25) is 0 Å². The average molecular weight is 375 g/mol. The minimum Gasteiger partial charge on any atom is -0.351 e. The number of halogens is 3. The Bertz CT molecular complexity index is 1200. The third-order valence-electron chi connectivity index (χ3n) is 4.07. The molecule has 0 fully saturated rings. The molecule has 3 aromatic heterocycles. The molecule has 0 amide bonds. The average Bonchev–Trinajstić information content (AvgIpc) is 3.07. The van der Waals surface area contributed by atoms with Crippen molar-refractivity contribution in [3.05, 3.63) is 52.6 Å². The minimum atomic E-state index is -4.75. The molecular weight excluding hydrogens is 363 g/mol. The lowest BCUT2D eigenvalue weighted by Crippen LogP contribution is -2.32. The first-order valence-electron chi connectivity index (χ1n) is 7.81. The molecule has 27 heavy (non-hydrogen) atoms. The van der Waals surface area contributed by atoms with Crippen LogP contribution in [0.3, 0.4) is 0 Å². The van der Waals surface area contributed by atoms with E-state index in [9.17, 15) is 18.0 Å². The molecule has 0 saturated heterocycles. The van der Waals surface area contributed by atoms with Crippen LogP contribution in [-0.2, 0) is 0 Å². The van der Waals surface area contributed by atoms with E-state index in [0.717, 1.165) is 6.33 Å². The number of aryl methyl sites for hydroxylation is 1. The Morgan fingerprint density at radius 3 is 2.78 bits per heavy atom. The molecule has 0 bridgehead atoms. The number of nitrogens with one attached hydrogen (secondary N) is 3. The fraction of sp³-hybridized carbons (Fsp3) is 0.188. The molecule has 0 spiro atoms. The highest BCUT2D eigenvalue weighted by Gasteiger charge is 2.43. The van der Waals surface area contributed by atoms with Gasteiger partial charge in [-0.05, 0) is 18.6 Å². The fourth-order valence-corrected chi connectivity index (χ4v) is 2.83. The van der Waals surface area contributed by atoms with Crippen molar-refractivity contribution in [1.82, 2.24) is 29.9 Å². The van der Waals surface area contributed by atoms with E-state index in [4.69, 9.17) is 0 Å². The Morgan fingerprint density at radius 1 is 1.19 bits per heavy atom. The van der Waals surface area contributed by atoms with Crippen molar-refractivity contribution in [3.8, 4) is 0 Å². The van der Waals surface area contributed by atoms with E-state index in [1.54, 1.807) is 19.1 Å². The third kappa shape index (κ3) is 2.96. The summed E-state index contributed by atoms with van der Waals surface area (Å²) >= 11 is 0. The molecule has 3 heterocycles. The molecule has 1 atom stereocenters. The lowest BCUT2D eigenvalue weighted by atomic mass is 10.1. The largest absolute Gasteiger partial charge is 0.415 e. The summed E-state index contributed by atoms with van der Waals surface area (Å²) in [4.78, 5) is 32.9. The van der Waals surface area contributed by atoms with Crippen LogP contribution in [0, 0.1) is 6.92 Å². The first kappa shape index (κ1) is 16.9. The summed E-state index contributed by atoms with van der Waals surface area (Å²) in [6.45, 7) is 1.69. The molecular formula is C16H12F3N7O. The number of hydrogen-bond acceptors (Lipinski definition) is 6. The Kier molecular flexibility index (Phi) is 3.79. The van der Waals surface area contributed by atoms with Crippen molar-refractivity contribution >= 4 is 27.9 Å². The summed E-state index contributed by atoms with van der Waals surface area (Å²) in [5.41, 5.74) is 0.590. The number of aromatic amines is 2. The van der Waals surface area contributed by atoms with Gasteiger partial charge in [0.15, 0.2) is 17.5 Å². The van der Waals surface area contributed by atoms with E-state index in [1.807, 2.05) is 0 Å². The Hall–Kier alpha value is -3.50. The van der Waals surface area contributed by atoms with Crippen LogP contribution in [0.25, 0.3) is 22.1 Å². The second-order valence-corrected chi connectivity index (χ2v) is 5.86. The summed E-state index contributed by atoms with van der Waals surface area (Å²) in [6, 6.07) is 2.53. The molecule has 3 N–H and O–H groups in total. The molecule has 0 aliphatic heterocycles. The van der Waals surface area contributed by atoms with E-state index in [0.29, 0.717) is 5.56 Å². The number of nitrogens with zero attached hydrogens (tertiary/aromatic N) is 4. The standard InChI is InChI=1S/C16H12F3N7O/c1-7-3-2-4-8-9(7)15(27)26-14(24-8)11(16(17,18)19)25-13-10-12(21-5-20-10)22-6-23-13/h2-6,11H,1H3,(H,24,26,27)(H2,20,21,22,23,25). The van der Waals surface area contributed by atoms with Crippen molar-refractivity contribution < 1.29 is 13.2 Å². The SMILES string of the molecule is Cc1cccc2nc(C(Nc3ncnc4nc[nH]c34)C(F)(F)F)[nH]c(=O)c12. The van der Waals surface area contributed by atoms with Crippen LogP contribution < -0.4 is 10.9 Å². The van der Waals surface area contributed by atoms with E-state index >= 15 is 0 Å². The molecule has 0 aliphatic rings. The molecule has 8 nitrogen and oxygen atoms in total. The van der Waals surface area contributed by atoms with Gasteiger partial charge in [-0.25, -0.2) is 19.9 Å². The maximum Gasteiger partial charge on any atom is 0.415 e. The Labute approximate surface area is 148 Å². The van der Waals surface area contributed by atoms with Crippen LogP contribution in [0.5, 0.6) is 0 Å². The van der Waals surface area contributed by atoms with Gasteiger partial charge in [-0.3, -0.25) is 4.79 Å². The smallest absolute Gasteiger partial charge is 0.351 e. The van der Waals surface area contributed by atoms with E-state index in [2.05, 4.69) is 35.2 Å². The maximum atomic E-state index is 13.7. The topological polar surface area (TPSA) is 112 Å². The predicted molar refractivity (Wildman–Crippen MR) is 91.2 cm³/mol. The highest BCUT2D eigenvalue weighted by atomic mass is 19.4. The minimum absolute atomic E-state index is 0.105. The normalized spacial score (nSPS) is 13.2. The fourth-order valence-electron chi connectivity index (χ4n) is 2.83. The number of aromatic nitrogens is 6. The zero-order valence-corrected chi connectivity index (χ0v) is 13.8. The number of imidazole rings is 1. The molecule has 0 saturated carbocycles. The summed E-state index contributed by atoms with van der Waals surface area (Å²) < 4.78 is 41.2. The van der Waals surface area contributed by atoms with Gasteiger partial charge in [-0.1, -0.05) is 12.1 Å². The van der Waals surface area contributed by atoms with Crippen LogP contribution in [0.4, 0.5) is 19.0 Å². The second kappa shape index (κ2) is 6.04. The number of hydrogen-bond donors (Lipinski definition) is 3. The summed E-state index contributed by atoms with van der Waals surface area (Å²) in [5.74, 6) is -0.663. The van der Waals surface area contributed by atoms with Crippen LogP contribution in [-0.4, -0.2) is 36.1 Å². The van der Waals surface area contributed by atoms with Gasteiger partial charge in [0.05, 0.1) is 17.2 Å². The summed E-state index contributed by atoms with van der Waals surface area (Å²) in [5, 5.41) is 2.54. The molecule has 11 heteroatoms. The van der Waals surface area contributed by atoms with E-state index in [1.165, 1.54) is 12.4 Å². The molecule has 4 aromatic rings. The lowest BCUT2D eigenvalue weighted by molar-refractivity contribution is -0.145.